The number of carbonyl (C=O) groups is 1. The van der Waals surface area contributed by atoms with Crippen molar-refractivity contribution in [3.63, 3.8) is 0 Å². The number of ether oxygens (including phenoxy) is 1. The van der Waals surface area contributed by atoms with Crippen LogP contribution in [0.2, 0.25) is 0 Å². The van der Waals surface area contributed by atoms with Crippen LogP contribution in [-0.4, -0.2) is 44.1 Å². The van der Waals surface area contributed by atoms with Gasteiger partial charge in [-0.3, -0.25) is 9.69 Å². The molecule has 1 amide bonds. The van der Waals surface area contributed by atoms with Gasteiger partial charge < -0.3 is 15.0 Å². The number of aryl methyl sites for hydroxylation is 1. The quantitative estimate of drug-likeness (QED) is 0.294. The molecule has 0 spiro atoms. The molecule has 190 valence electrons. The van der Waals surface area contributed by atoms with Crippen LogP contribution in [0, 0.1) is 0 Å². The van der Waals surface area contributed by atoms with Crippen LogP contribution < -0.4 is 15.0 Å². The first-order valence-electron chi connectivity index (χ1n) is 12.8. The van der Waals surface area contributed by atoms with Crippen LogP contribution in [0.3, 0.4) is 0 Å². The number of carbonyl (C=O) groups excluding carboxylic acids is 1. The Hall–Kier alpha value is -3.61. The average Bonchev–Trinajstić information content (AvgIpc) is 3.37. The number of thiophene rings is 1. The smallest absolute Gasteiger partial charge is 0.256 e. The number of hydrogen-bond donors (Lipinski definition) is 1. The van der Waals surface area contributed by atoms with E-state index in [0.29, 0.717) is 5.56 Å². The lowest BCUT2D eigenvalue weighted by atomic mass is 9.97. The fourth-order valence-electron chi connectivity index (χ4n) is 4.95. The molecule has 1 saturated heterocycles. The molecule has 0 saturated carbocycles. The lowest BCUT2D eigenvalue weighted by Crippen LogP contribution is -2.48. The van der Waals surface area contributed by atoms with E-state index in [0.717, 1.165) is 48.9 Å². The molecule has 1 aromatic heterocycles. The Morgan fingerprint density at radius 2 is 1.57 bits per heavy atom. The third-order valence-electron chi connectivity index (χ3n) is 6.95. The minimum atomic E-state index is -0.0752. The summed E-state index contributed by atoms with van der Waals surface area (Å²) in [6, 6.07) is 30.7. The zero-order valence-electron chi connectivity index (χ0n) is 21.4. The first kappa shape index (κ1) is 25.1. The SMILES string of the molecule is CCc1cc([C@@H](c2ccc(OC)cc2)N2CCN(c3ccccc3)CC2)c(NC(=O)c2ccccc2)s1. The largest absolute Gasteiger partial charge is 0.497 e. The number of rotatable bonds is 8. The van der Waals surface area contributed by atoms with Gasteiger partial charge in [0.15, 0.2) is 0 Å². The molecule has 3 aromatic carbocycles. The number of anilines is 2. The maximum Gasteiger partial charge on any atom is 0.256 e. The molecular formula is C31H33N3O2S. The Kier molecular flexibility index (Phi) is 7.87. The van der Waals surface area contributed by atoms with Crippen LogP contribution in [-0.2, 0) is 6.42 Å². The maximum absolute atomic E-state index is 13.1. The van der Waals surface area contributed by atoms with E-state index in [4.69, 9.17) is 4.74 Å². The third-order valence-corrected chi connectivity index (χ3v) is 8.16. The summed E-state index contributed by atoms with van der Waals surface area (Å²) in [5.41, 5.74) is 4.29. The van der Waals surface area contributed by atoms with Gasteiger partial charge in [-0.25, -0.2) is 0 Å². The number of piperazine rings is 1. The number of amides is 1. The summed E-state index contributed by atoms with van der Waals surface area (Å²) in [5, 5.41) is 4.17. The molecular weight excluding hydrogens is 478 g/mol. The van der Waals surface area contributed by atoms with Crippen molar-refractivity contribution in [1.82, 2.24) is 4.90 Å². The first-order chi connectivity index (χ1) is 18.2. The highest BCUT2D eigenvalue weighted by Gasteiger charge is 2.30. The highest BCUT2D eigenvalue weighted by Crippen LogP contribution is 2.40. The summed E-state index contributed by atoms with van der Waals surface area (Å²) in [4.78, 5) is 19.4. The molecule has 1 N–H and O–H groups in total. The summed E-state index contributed by atoms with van der Waals surface area (Å²) in [7, 11) is 1.69. The molecule has 0 aliphatic carbocycles. The highest BCUT2D eigenvalue weighted by atomic mass is 32.1. The molecule has 1 atom stereocenters. The number of para-hydroxylation sites is 1. The second-order valence-corrected chi connectivity index (χ2v) is 10.3. The summed E-state index contributed by atoms with van der Waals surface area (Å²) in [6.45, 7) is 5.92. The molecule has 6 heteroatoms. The van der Waals surface area contributed by atoms with E-state index in [-0.39, 0.29) is 11.9 Å². The Labute approximate surface area is 223 Å². The van der Waals surface area contributed by atoms with Crippen molar-refractivity contribution in [3.05, 3.63) is 113 Å². The van der Waals surface area contributed by atoms with E-state index in [2.05, 4.69) is 70.6 Å². The summed E-state index contributed by atoms with van der Waals surface area (Å²) < 4.78 is 5.43. The van der Waals surface area contributed by atoms with Gasteiger partial charge in [0.1, 0.15) is 10.8 Å². The van der Waals surface area contributed by atoms with Crippen molar-refractivity contribution in [2.75, 3.05) is 43.5 Å². The average molecular weight is 512 g/mol. The lowest BCUT2D eigenvalue weighted by molar-refractivity contribution is 0.102. The molecule has 0 bridgehead atoms. The predicted octanol–water partition coefficient (Wildman–Crippen LogP) is 6.48. The van der Waals surface area contributed by atoms with Crippen LogP contribution in [0.4, 0.5) is 10.7 Å². The van der Waals surface area contributed by atoms with Gasteiger partial charge >= 0.3 is 0 Å². The lowest BCUT2D eigenvalue weighted by Gasteiger charge is -2.40. The standard InChI is InChI=1S/C31H33N3O2S/c1-3-27-22-28(31(37-27)32-30(35)24-10-6-4-7-11-24)29(23-14-16-26(36-2)17-15-23)34-20-18-33(19-21-34)25-12-8-5-9-13-25/h4-17,22,29H,3,18-21H2,1-2H3,(H,32,35)/t29-/m1/s1. The molecule has 37 heavy (non-hydrogen) atoms. The Balaban J connectivity index is 1.47. The molecule has 5 nitrogen and oxygen atoms in total. The second-order valence-electron chi connectivity index (χ2n) is 9.21. The van der Waals surface area contributed by atoms with Gasteiger partial charge in [0.2, 0.25) is 0 Å². The van der Waals surface area contributed by atoms with Gasteiger partial charge in [-0.1, -0.05) is 55.5 Å². The maximum atomic E-state index is 13.1. The summed E-state index contributed by atoms with van der Waals surface area (Å²) in [5.74, 6) is 0.766. The number of nitrogens with one attached hydrogen (secondary N) is 1. The topological polar surface area (TPSA) is 44.8 Å². The van der Waals surface area contributed by atoms with Gasteiger partial charge in [-0.05, 0) is 54.4 Å². The molecule has 1 aliphatic rings. The fraction of sp³-hybridized carbons (Fsp3) is 0.258. The van der Waals surface area contributed by atoms with Gasteiger partial charge in [-0.2, -0.15) is 0 Å². The van der Waals surface area contributed by atoms with Crippen LogP contribution in [0.5, 0.6) is 5.75 Å². The van der Waals surface area contributed by atoms with Gasteiger partial charge in [0, 0.05) is 47.9 Å². The van der Waals surface area contributed by atoms with E-state index in [1.54, 1.807) is 18.4 Å². The molecule has 4 aromatic rings. The van der Waals surface area contributed by atoms with Crippen LogP contribution in [0.25, 0.3) is 0 Å². The highest BCUT2D eigenvalue weighted by molar-refractivity contribution is 7.16. The number of methoxy groups -OCH3 is 1. The molecule has 5 rings (SSSR count). The minimum absolute atomic E-state index is 0.0338. The van der Waals surface area contributed by atoms with E-state index in [9.17, 15) is 4.79 Å². The molecule has 1 fully saturated rings. The fourth-order valence-corrected chi connectivity index (χ4v) is 5.97. The Bertz CT molecular complexity index is 1300. The normalized spacial score (nSPS) is 14.8. The second kappa shape index (κ2) is 11.6. The number of nitrogens with zero attached hydrogens (tertiary/aromatic N) is 2. The van der Waals surface area contributed by atoms with E-state index in [1.807, 2.05) is 42.5 Å². The molecule has 2 heterocycles. The van der Waals surface area contributed by atoms with Crippen LogP contribution >= 0.6 is 11.3 Å². The van der Waals surface area contributed by atoms with Crippen molar-refractivity contribution in [2.24, 2.45) is 0 Å². The van der Waals surface area contributed by atoms with Crippen molar-refractivity contribution in [2.45, 2.75) is 19.4 Å². The van der Waals surface area contributed by atoms with Crippen molar-refractivity contribution in [3.8, 4) is 5.75 Å². The third kappa shape index (κ3) is 5.71. The van der Waals surface area contributed by atoms with Crippen molar-refractivity contribution >= 4 is 27.9 Å². The number of hydrogen-bond acceptors (Lipinski definition) is 5. The molecule has 0 unspecified atom stereocenters. The number of benzene rings is 3. The summed E-state index contributed by atoms with van der Waals surface area (Å²) in [6.07, 6.45) is 0.927. The van der Waals surface area contributed by atoms with E-state index >= 15 is 0 Å². The van der Waals surface area contributed by atoms with Crippen LogP contribution in [0.15, 0.2) is 91.0 Å². The molecule has 1 aliphatic heterocycles. The van der Waals surface area contributed by atoms with Gasteiger partial charge in [-0.15, -0.1) is 11.3 Å². The van der Waals surface area contributed by atoms with Gasteiger partial charge in [0.05, 0.1) is 13.2 Å². The first-order valence-corrected chi connectivity index (χ1v) is 13.6. The van der Waals surface area contributed by atoms with Crippen LogP contribution in [0.1, 0.15) is 39.3 Å². The zero-order chi connectivity index (χ0) is 25.6. The van der Waals surface area contributed by atoms with E-state index in [1.165, 1.54) is 16.1 Å². The summed E-state index contributed by atoms with van der Waals surface area (Å²) >= 11 is 1.68. The van der Waals surface area contributed by atoms with Crippen molar-refractivity contribution < 1.29 is 9.53 Å². The molecule has 0 radical (unpaired) electrons. The van der Waals surface area contributed by atoms with Gasteiger partial charge in [0.25, 0.3) is 5.91 Å². The predicted molar refractivity (Wildman–Crippen MR) is 153 cm³/mol. The Morgan fingerprint density at radius 3 is 2.19 bits per heavy atom. The van der Waals surface area contributed by atoms with E-state index < -0.39 is 0 Å². The zero-order valence-corrected chi connectivity index (χ0v) is 22.2. The minimum Gasteiger partial charge on any atom is -0.497 e. The van der Waals surface area contributed by atoms with Crippen molar-refractivity contribution in [1.29, 1.82) is 0 Å². The monoisotopic (exact) mass is 511 g/mol. The Morgan fingerprint density at radius 1 is 0.919 bits per heavy atom.